The highest BCUT2D eigenvalue weighted by Crippen LogP contribution is 2.56. The first-order chi connectivity index (χ1) is 9.21. The molecule has 3 rings (SSSR count). The van der Waals surface area contributed by atoms with Gasteiger partial charge in [-0.1, -0.05) is 0 Å². The minimum Gasteiger partial charge on any atom is -0.299 e. The number of carbonyl (C=O) groups excluding carboxylic acids is 4. The second kappa shape index (κ2) is 3.99. The molecule has 5 nitrogen and oxygen atoms in total. The molecule has 1 saturated heterocycles. The molecule has 0 spiro atoms. The van der Waals surface area contributed by atoms with E-state index in [0.29, 0.717) is 6.42 Å². The largest absolute Gasteiger partial charge is 0.299 e. The van der Waals surface area contributed by atoms with Crippen LogP contribution in [0.4, 0.5) is 0 Å². The van der Waals surface area contributed by atoms with E-state index in [0.717, 1.165) is 0 Å². The summed E-state index contributed by atoms with van der Waals surface area (Å²) in [6.07, 6.45) is 0.601. The predicted molar refractivity (Wildman–Crippen MR) is 69.4 cm³/mol. The third-order valence-corrected chi connectivity index (χ3v) is 4.90. The molecule has 2 aliphatic carbocycles. The normalized spacial score (nSPS) is 37.5. The standard InChI is InChI=1S/C15H19NO4/c1-15(2,3)16-11(19)6-9-8-4-7(17)5-10(18)12(8)13(9)14(16)20/h8-9,12-13H,4-6H2,1-3H3. The molecule has 4 unspecified atom stereocenters. The molecule has 0 aromatic heterocycles. The number of piperidine rings is 1. The van der Waals surface area contributed by atoms with Crippen LogP contribution in [0.25, 0.3) is 0 Å². The van der Waals surface area contributed by atoms with E-state index in [1.165, 1.54) is 4.90 Å². The molecule has 0 bridgehead atoms. The van der Waals surface area contributed by atoms with Gasteiger partial charge in [0.2, 0.25) is 11.8 Å². The molecule has 4 atom stereocenters. The Morgan fingerprint density at radius 2 is 1.55 bits per heavy atom. The Bertz CT molecular complexity index is 530. The van der Waals surface area contributed by atoms with Crippen molar-refractivity contribution >= 4 is 23.4 Å². The summed E-state index contributed by atoms with van der Waals surface area (Å²) in [6.45, 7) is 5.47. The second-order valence-corrected chi connectivity index (χ2v) is 7.21. The predicted octanol–water partition coefficient (Wildman–Crippen LogP) is 0.954. The molecular weight excluding hydrogens is 258 g/mol. The van der Waals surface area contributed by atoms with Crippen molar-refractivity contribution in [1.82, 2.24) is 4.90 Å². The zero-order valence-electron chi connectivity index (χ0n) is 12.0. The Balaban J connectivity index is 1.91. The van der Waals surface area contributed by atoms with Crippen LogP contribution in [0, 0.1) is 23.7 Å². The molecule has 1 heterocycles. The van der Waals surface area contributed by atoms with Crippen molar-refractivity contribution in [1.29, 1.82) is 0 Å². The molecule has 3 fully saturated rings. The number of imide groups is 1. The summed E-state index contributed by atoms with van der Waals surface area (Å²) in [5.41, 5.74) is -0.558. The molecule has 0 aromatic rings. The van der Waals surface area contributed by atoms with E-state index < -0.39 is 5.54 Å². The minimum absolute atomic E-state index is 0.0405. The van der Waals surface area contributed by atoms with Crippen molar-refractivity contribution in [3.63, 3.8) is 0 Å². The maximum atomic E-state index is 12.6. The van der Waals surface area contributed by atoms with Gasteiger partial charge >= 0.3 is 0 Å². The number of ketones is 2. The summed E-state index contributed by atoms with van der Waals surface area (Å²) in [5.74, 6) is -1.44. The van der Waals surface area contributed by atoms with Crippen molar-refractivity contribution in [3.8, 4) is 0 Å². The van der Waals surface area contributed by atoms with Crippen LogP contribution in [0.5, 0.6) is 0 Å². The third kappa shape index (κ3) is 1.68. The molecule has 2 amide bonds. The SMILES string of the molecule is CC(C)(C)N1C(=O)CC2C3CC(=O)CC(=O)C3C2C1=O. The third-order valence-electron chi connectivity index (χ3n) is 4.90. The maximum absolute atomic E-state index is 12.6. The Labute approximate surface area is 117 Å². The lowest BCUT2D eigenvalue weighted by Gasteiger charge is -2.57. The number of amides is 2. The van der Waals surface area contributed by atoms with Crippen molar-refractivity contribution in [2.75, 3.05) is 0 Å². The van der Waals surface area contributed by atoms with E-state index in [4.69, 9.17) is 0 Å². The molecular formula is C15H19NO4. The van der Waals surface area contributed by atoms with Gasteiger partial charge < -0.3 is 0 Å². The lowest BCUT2D eigenvalue weighted by Crippen LogP contribution is -2.67. The van der Waals surface area contributed by atoms with Gasteiger partial charge in [0.15, 0.2) is 0 Å². The molecule has 20 heavy (non-hydrogen) atoms. The highest BCUT2D eigenvalue weighted by atomic mass is 16.2. The lowest BCUT2D eigenvalue weighted by molar-refractivity contribution is -0.184. The van der Waals surface area contributed by atoms with Crippen LogP contribution in [-0.4, -0.2) is 33.8 Å². The average Bonchev–Trinajstić information content (AvgIpc) is 2.26. The summed E-state index contributed by atoms with van der Waals surface area (Å²) in [4.78, 5) is 49.7. The summed E-state index contributed by atoms with van der Waals surface area (Å²) >= 11 is 0. The molecule has 2 saturated carbocycles. The number of Topliss-reactive ketones (excluding diaryl/α,β-unsaturated/α-hetero) is 2. The fourth-order valence-corrected chi connectivity index (χ4v) is 4.17. The molecule has 108 valence electrons. The molecule has 5 heteroatoms. The van der Waals surface area contributed by atoms with Crippen LogP contribution in [-0.2, 0) is 19.2 Å². The molecule has 1 aliphatic heterocycles. The van der Waals surface area contributed by atoms with Crippen LogP contribution in [0.1, 0.15) is 40.0 Å². The first kappa shape index (κ1) is 13.5. The fraction of sp³-hybridized carbons (Fsp3) is 0.733. The van der Waals surface area contributed by atoms with Crippen LogP contribution >= 0.6 is 0 Å². The van der Waals surface area contributed by atoms with Crippen LogP contribution in [0.3, 0.4) is 0 Å². The van der Waals surface area contributed by atoms with E-state index in [2.05, 4.69) is 0 Å². The van der Waals surface area contributed by atoms with E-state index in [1.54, 1.807) is 0 Å². The van der Waals surface area contributed by atoms with Gasteiger partial charge in [0.25, 0.3) is 0 Å². The highest BCUT2D eigenvalue weighted by molar-refractivity contribution is 6.09. The summed E-state index contributed by atoms with van der Waals surface area (Å²) in [7, 11) is 0. The quantitative estimate of drug-likeness (QED) is 0.488. The number of hydrogen-bond acceptors (Lipinski definition) is 4. The minimum atomic E-state index is -0.558. The highest BCUT2D eigenvalue weighted by Gasteiger charge is 2.63. The summed E-state index contributed by atoms with van der Waals surface area (Å²) in [5, 5.41) is 0. The number of fused-ring (bicyclic) bond motifs is 4. The zero-order chi connectivity index (χ0) is 14.8. The van der Waals surface area contributed by atoms with Crippen LogP contribution in [0.2, 0.25) is 0 Å². The monoisotopic (exact) mass is 277 g/mol. The van der Waals surface area contributed by atoms with E-state index in [1.807, 2.05) is 20.8 Å². The van der Waals surface area contributed by atoms with Gasteiger partial charge in [-0.2, -0.15) is 0 Å². The van der Waals surface area contributed by atoms with E-state index in [-0.39, 0.29) is 59.9 Å². The number of likely N-dealkylation sites (tertiary alicyclic amines) is 1. The molecule has 0 radical (unpaired) electrons. The Morgan fingerprint density at radius 1 is 0.950 bits per heavy atom. The molecule has 0 N–H and O–H groups in total. The van der Waals surface area contributed by atoms with Gasteiger partial charge in [-0.15, -0.1) is 0 Å². The maximum Gasteiger partial charge on any atom is 0.233 e. The van der Waals surface area contributed by atoms with Gasteiger partial charge in [-0.3, -0.25) is 24.1 Å². The van der Waals surface area contributed by atoms with Crippen molar-refractivity contribution < 1.29 is 19.2 Å². The van der Waals surface area contributed by atoms with Crippen molar-refractivity contribution in [3.05, 3.63) is 0 Å². The second-order valence-electron chi connectivity index (χ2n) is 7.21. The van der Waals surface area contributed by atoms with E-state index in [9.17, 15) is 19.2 Å². The van der Waals surface area contributed by atoms with Gasteiger partial charge in [-0.25, -0.2) is 0 Å². The average molecular weight is 277 g/mol. The Hall–Kier alpha value is -1.52. The smallest absolute Gasteiger partial charge is 0.233 e. The Kier molecular flexibility index (Phi) is 2.69. The van der Waals surface area contributed by atoms with Gasteiger partial charge in [-0.05, 0) is 32.6 Å². The summed E-state index contributed by atoms with van der Waals surface area (Å²) < 4.78 is 0. The molecule has 3 aliphatic rings. The first-order valence-electron chi connectivity index (χ1n) is 7.13. The number of carbonyl (C=O) groups is 4. The van der Waals surface area contributed by atoms with Crippen molar-refractivity contribution in [2.45, 2.75) is 45.6 Å². The topological polar surface area (TPSA) is 71.5 Å². The van der Waals surface area contributed by atoms with Crippen molar-refractivity contribution in [2.24, 2.45) is 23.7 Å². The number of hydrogen-bond donors (Lipinski definition) is 0. The first-order valence-corrected chi connectivity index (χ1v) is 7.13. The zero-order valence-corrected chi connectivity index (χ0v) is 12.0. The van der Waals surface area contributed by atoms with Gasteiger partial charge in [0, 0.05) is 24.3 Å². The Morgan fingerprint density at radius 3 is 2.15 bits per heavy atom. The lowest BCUT2D eigenvalue weighted by atomic mass is 9.49. The van der Waals surface area contributed by atoms with Crippen LogP contribution < -0.4 is 0 Å². The van der Waals surface area contributed by atoms with Gasteiger partial charge in [0.05, 0.1) is 12.3 Å². The van der Waals surface area contributed by atoms with E-state index >= 15 is 0 Å². The summed E-state index contributed by atoms with van der Waals surface area (Å²) in [6, 6.07) is 0. The fourth-order valence-electron chi connectivity index (χ4n) is 4.17. The van der Waals surface area contributed by atoms with Gasteiger partial charge in [0.1, 0.15) is 11.6 Å². The molecule has 0 aromatic carbocycles. The number of nitrogens with zero attached hydrogens (tertiary/aromatic N) is 1. The number of rotatable bonds is 0. The van der Waals surface area contributed by atoms with Crippen LogP contribution in [0.15, 0.2) is 0 Å².